The molecule has 146 valence electrons. The van der Waals surface area contributed by atoms with E-state index in [0.717, 1.165) is 52.3 Å². The molecular weight excluding hydrogens is 364 g/mol. The monoisotopic (exact) mass is 386 g/mol. The van der Waals surface area contributed by atoms with Crippen molar-refractivity contribution in [2.75, 3.05) is 23.4 Å². The lowest BCUT2D eigenvalue weighted by molar-refractivity contribution is -0.117. The van der Waals surface area contributed by atoms with Crippen LogP contribution in [0.5, 0.6) is 0 Å². The van der Waals surface area contributed by atoms with E-state index in [1.807, 2.05) is 54.7 Å². The van der Waals surface area contributed by atoms with Crippen molar-refractivity contribution in [1.29, 1.82) is 0 Å². The van der Waals surface area contributed by atoms with Gasteiger partial charge in [0.1, 0.15) is 12.0 Å². The van der Waals surface area contributed by atoms with Gasteiger partial charge in [-0.15, -0.1) is 0 Å². The highest BCUT2D eigenvalue weighted by molar-refractivity contribution is 5.95. The van der Waals surface area contributed by atoms with Crippen molar-refractivity contribution in [3.8, 4) is 22.3 Å². The maximum atomic E-state index is 12.0. The lowest BCUT2D eigenvalue weighted by Gasteiger charge is -2.16. The number of hydrogen-bond acceptors (Lipinski definition) is 5. The van der Waals surface area contributed by atoms with E-state index in [-0.39, 0.29) is 5.91 Å². The summed E-state index contributed by atoms with van der Waals surface area (Å²) in [6.45, 7) is 0.794. The molecule has 0 aliphatic carbocycles. The highest BCUT2D eigenvalue weighted by Gasteiger charge is 2.28. The number of pyridine rings is 2. The number of aromatic nitrogens is 2. The van der Waals surface area contributed by atoms with E-state index >= 15 is 0 Å². The Kier molecular flexibility index (Phi) is 4.28. The van der Waals surface area contributed by atoms with Crippen LogP contribution < -0.4 is 9.80 Å². The molecule has 5 rings (SSSR count). The molecule has 0 spiro atoms. The molecule has 0 radical (unpaired) electrons. The summed E-state index contributed by atoms with van der Waals surface area (Å²) in [6, 6.07) is 12.2. The van der Waals surface area contributed by atoms with Gasteiger partial charge in [-0.1, -0.05) is 12.1 Å². The summed E-state index contributed by atoms with van der Waals surface area (Å²) in [5.74, 6) is 1.01. The van der Waals surface area contributed by atoms with Gasteiger partial charge in [0.2, 0.25) is 5.91 Å². The Bertz CT molecular complexity index is 1080. The first-order valence-electron chi connectivity index (χ1n) is 9.87. The van der Waals surface area contributed by atoms with Gasteiger partial charge < -0.3 is 14.9 Å². The molecule has 6 heteroatoms. The molecule has 1 aromatic carbocycles. The zero-order chi connectivity index (χ0) is 20.0. The van der Waals surface area contributed by atoms with Crippen molar-refractivity contribution in [3.05, 3.63) is 60.6 Å². The summed E-state index contributed by atoms with van der Waals surface area (Å²) < 4.78 is 0. The molecule has 1 atom stereocenters. The molecule has 2 aliphatic rings. The second-order valence-electron chi connectivity index (χ2n) is 7.61. The van der Waals surface area contributed by atoms with Crippen molar-refractivity contribution in [1.82, 2.24) is 9.97 Å². The number of hydrogen-bond donors (Lipinski definition) is 1. The minimum Gasteiger partial charge on any atom is -0.373 e. The van der Waals surface area contributed by atoms with E-state index in [1.165, 1.54) is 0 Å². The summed E-state index contributed by atoms with van der Waals surface area (Å²) in [6.07, 6.45) is 7.04. The summed E-state index contributed by atoms with van der Waals surface area (Å²) in [5, 5.41) is 10.2. The number of anilines is 2. The maximum Gasteiger partial charge on any atom is 0.227 e. The van der Waals surface area contributed by atoms with Crippen LogP contribution in [0.1, 0.15) is 18.4 Å². The van der Waals surface area contributed by atoms with Crippen molar-refractivity contribution in [2.24, 2.45) is 0 Å². The number of carbonyl (C=O) groups excluding carboxylic acids is 1. The summed E-state index contributed by atoms with van der Waals surface area (Å²) in [4.78, 5) is 24.5. The number of rotatable bonds is 3. The number of aliphatic hydroxyl groups is 1. The molecule has 6 nitrogen and oxygen atoms in total. The van der Waals surface area contributed by atoms with Crippen LogP contribution in [0.2, 0.25) is 0 Å². The molecule has 1 saturated heterocycles. The van der Waals surface area contributed by atoms with Crippen LogP contribution in [-0.4, -0.2) is 40.8 Å². The highest BCUT2D eigenvalue weighted by atomic mass is 16.3. The van der Waals surface area contributed by atoms with Crippen molar-refractivity contribution in [2.45, 2.75) is 25.5 Å². The van der Waals surface area contributed by atoms with Crippen LogP contribution in [0.4, 0.5) is 11.5 Å². The molecule has 1 N–H and O–H groups in total. The predicted octanol–water partition coefficient (Wildman–Crippen LogP) is 3.25. The Morgan fingerprint density at radius 1 is 1.07 bits per heavy atom. The lowest BCUT2D eigenvalue weighted by atomic mass is 9.98. The average molecular weight is 386 g/mol. The lowest BCUT2D eigenvalue weighted by Crippen LogP contribution is -2.27. The quantitative estimate of drug-likeness (QED) is 0.748. The van der Waals surface area contributed by atoms with Gasteiger partial charge in [0.15, 0.2) is 0 Å². The van der Waals surface area contributed by atoms with E-state index in [2.05, 4.69) is 16.0 Å². The smallest absolute Gasteiger partial charge is 0.227 e. The first-order valence-corrected chi connectivity index (χ1v) is 9.87. The number of nitrogens with zero attached hydrogens (tertiary/aromatic N) is 4. The molecule has 29 heavy (non-hydrogen) atoms. The summed E-state index contributed by atoms with van der Waals surface area (Å²) in [7, 11) is 1.86. The standard InChI is InChI=1S/C23H22N4O2/c1-26-22(29)12-20-19(8-9-25-23(20)26)17-11-16(13-24-14-17)15-4-6-18(7-5-15)27-10-2-3-21(27)28/h4-9,11,13-14,22,29H,2-3,10,12H2,1H3. The van der Waals surface area contributed by atoms with E-state index in [9.17, 15) is 9.90 Å². The Balaban J connectivity index is 1.48. The topological polar surface area (TPSA) is 69.6 Å². The van der Waals surface area contributed by atoms with Crippen LogP contribution in [0.15, 0.2) is 55.0 Å². The van der Waals surface area contributed by atoms with E-state index in [1.54, 1.807) is 11.1 Å². The van der Waals surface area contributed by atoms with E-state index in [0.29, 0.717) is 12.8 Å². The van der Waals surface area contributed by atoms with Gasteiger partial charge in [-0.3, -0.25) is 9.78 Å². The van der Waals surface area contributed by atoms with Gasteiger partial charge in [-0.05, 0) is 41.8 Å². The molecule has 2 aliphatic heterocycles. The second-order valence-corrected chi connectivity index (χ2v) is 7.61. The van der Waals surface area contributed by atoms with Gasteiger partial charge in [0.05, 0.1) is 0 Å². The van der Waals surface area contributed by atoms with Gasteiger partial charge in [0, 0.05) is 67.4 Å². The largest absolute Gasteiger partial charge is 0.373 e. The third-order valence-electron chi connectivity index (χ3n) is 5.84. The molecule has 1 fully saturated rings. The van der Waals surface area contributed by atoms with Gasteiger partial charge in [0.25, 0.3) is 0 Å². The van der Waals surface area contributed by atoms with Crippen LogP contribution in [0, 0.1) is 0 Å². The fraction of sp³-hybridized carbons (Fsp3) is 0.261. The van der Waals surface area contributed by atoms with Gasteiger partial charge >= 0.3 is 0 Å². The zero-order valence-electron chi connectivity index (χ0n) is 16.2. The second kappa shape index (κ2) is 6.97. The number of fused-ring (bicyclic) bond motifs is 1. The molecule has 4 heterocycles. The molecule has 1 unspecified atom stereocenters. The van der Waals surface area contributed by atoms with E-state index in [4.69, 9.17) is 0 Å². The van der Waals surface area contributed by atoms with E-state index < -0.39 is 6.23 Å². The number of benzene rings is 1. The summed E-state index contributed by atoms with van der Waals surface area (Å²) >= 11 is 0. The van der Waals surface area contributed by atoms with Gasteiger partial charge in [-0.2, -0.15) is 0 Å². The first-order chi connectivity index (χ1) is 14.1. The summed E-state index contributed by atoms with van der Waals surface area (Å²) in [5.41, 5.74) is 6.11. The average Bonchev–Trinajstić information content (AvgIpc) is 3.31. The van der Waals surface area contributed by atoms with Crippen LogP contribution in [0.25, 0.3) is 22.3 Å². The van der Waals surface area contributed by atoms with Crippen molar-refractivity contribution in [3.63, 3.8) is 0 Å². The molecule has 0 bridgehead atoms. The number of aliphatic hydroxyl groups excluding tert-OH is 1. The fourth-order valence-corrected chi connectivity index (χ4v) is 4.22. The minimum absolute atomic E-state index is 0.195. The van der Waals surface area contributed by atoms with Crippen LogP contribution >= 0.6 is 0 Å². The van der Waals surface area contributed by atoms with Crippen LogP contribution in [-0.2, 0) is 11.2 Å². The highest BCUT2D eigenvalue weighted by Crippen LogP contribution is 2.36. The Labute approximate surface area is 169 Å². The molecule has 2 aromatic heterocycles. The third kappa shape index (κ3) is 3.06. The van der Waals surface area contributed by atoms with Crippen molar-refractivity contribution >= 4 is 17.4 Å². The SMILES string of the molecule is CN1c2nccc(-c3cncc(-c4ccc(N5CCCC5=O)cc4)c3)c2CC1O. The van der Waals surface area contributed by atoms with Crippen molar-refractivity contribution < 1.29 is 9.90 Å². The van der Waals surface area contributed by atoms with Gasteiger partial charge in [-0.25, -0.2) is 4.98 Å². The van der Waals surface area contributed by atoms with Crippen LogP contribution in [0.3, 0.4) is 0 Å². The number of amides is 1. The Morgan fingerprint density at radius 2 is 1.86 bits per heavy atom. The molecular formula is C23H22N4O2. The Morgan fingerprint density at radius 3 is 2.62 bits per heavy atom. The number of carbonyl (C=O) groups is 1. The Hall–Kier alpha value is -3.25. The molecule has 1 amide bonds. The molecule has 3 aromatic rings. The molecule has 0 saturated carbocycles. The predicted molar refractivity (Wildman–Crippen MR) is 113 cm³/mol. The zero-order valence-corrected chi connectivity index (χ0v) is 16.2. The fourth-order valence-electron chi connectivity index (χ4n) is 4.22. The first kappa shape index (κ1) is 17.8. The normalized spacial score (nSPS) is 18.4. The number of likely N-dealkylation sites (N-methyl/N-ethyl adjacent to an activating group) is 1. The minimum atomic E-state index is -0.546. The third-order valence-corrected chi connectivity index (χ3v) is 5.84. The maximum absolute atomic E-state index is 12.0.